The van der Waals surface area contributed by atoms with Crippen molar-refractivity contribution in [1.29, 1.82) is 0 Å². The van der Waals surface area contributed by atoms with E-state index in [1.165, 1.54) is 77.2 Å². The zero-order chi connectivity index (χ0) is 34.0. The molecule has 242 valence electrons. The van der Waals surface area contributed by atoms with Gasteiger partial charge in [-0.1, -0.05) is 139 Å². The fourth-order valence-corrected chi connectivity index (χ4v) is 10.7. The Hall–Kier alpha value is -4.57. The summed E-state index contributed by atoms with van der Waals surface area (Å²) in [7, 11) is 0. The molecule has 0 amide bonds. The molecule has 4 heteroatoms. The first-order valence-corrected chi connectivity index (χ1v) is 18.1. The second kappa shape index (κ2) is 8.96. The number of imidazole rings is 1. The molecule has 0 unspecified atom stereocenters. The second-order valence-electron chi connectivity index (χ2n) is 17.6. The maximum absolute atomic E-state index is 5.64. The molecule has 1 aliphatic heterocycles. The van der Waals surface area contributed by atoms with Gasteiger partial charge < -0.3 is 0 Å². The largest absolute Gasteiger partial charge is 0.280 e. The first-order valence-electron chi connectivity index (χ1n) is 18.1. The van der Waals surface area contributed by atoms with Crippen LogP contribution in [0.5, 0.6) is 0 Å². The quantitative estimate of drug-likeness (QED) is 0.173. The number of fused-ring (bicyclic) bond motifs is 6. The molecule has 0 N–H and O–H groups in total. The van der Waals surface area contributed by atoms with Crippen molar-refractivity contribution < 1.29 is 0 Å². The molecular weight excluding hydrogens is 593 g/mol. The molecule has 0 spiro atoms. The van der Waals surface area contributed by atoms with E-state index in [1.54, 1.807) is 0 Å². The zero-order valence-electron chi connectivity index (χ0n) is 30.3. The van der Waals surface area contributed by atoms with Crippen molar-refractivity contribution in [2.45, 2.75) is 90.4 Å². The molecule has 0 saturated carbocycles. The molecule has 0 fully saturated rings. The SMILES string of the molecule is CC1=C(c2ccccc2)n2c3c(cc4c5c(ccc(c53)n3c5cc6c(cc5nc23)C(C)(C)CC6(C)C)C(C)(C)C4(C)C)B1c1ccccc1. The Balaban J connectivity index is 1.48. The Morgan fingerprint density at radius 1 is 0.633 bits per heavy atom. The van der Waals surface area contributed by atoms with Crippen molar-refractivity contribution in [3.8, 4) is 0 Å². The maximum Gasteiger partial charge on any atom is 0.241 e. The highest BCUT2D eigenvalue weighted by atomic mass is 15.2. The minimum Gasteiger partial charge on any atom is -0.280 e. The highest BCUT2D eigenvalue weighted by molar-refractivity contribution is 6.93. The van der Waals surface area contributed by atoms with E-state index >= 15 is 0 Å². The zero-order valence-corrected chi connectivity index (χ0v) is 30.3. The van der Waals surface area contributed by atoms with E-state index in [2.05, 4.69) is 162 Å². The highest BCUT2D eigenvalue weighted by Crippen LogP contribution is 2.56. The van der Waals surface area contributed by atoms with Crippen LogP contribution in [0.2, 0.25) is 0 Å². The van der Waals surface area contributed by atoms with Crippen molar-refractivity contribution in [3.63, 3.8) is 0 Å². The van der Waals surface area contributed by atoms with Crippen LogP contribution in [0.15, 0.2) is 96.5 Å². The number of hydrogen-bond acceptors (Lipinski definition) is 1. The Morgan fingerprint density at radius 2 is 1.27 bits per heavy atom. The minimum absolute atomic E-state index is 0.0245. The van der Waals surface area contributed by atoms with Gasteiger partial charge in [0.2, 0.25) is 12.5 Å². The topological polar surface area (TPSA) is 22.2 Å². The van der Waals surface area contributed by atoms with Crippen LogP contribution in [0.1, 0.15) is 96.6 Å². The minimum atomic E-state index is -0.0416. The monoisotopic (exact) mass is 637 g/mol. The van der Waals surface area contributed by atoms with Crippen LogP contribution < -0.4 is 10.9 Å². The third-order valence-electron chi connectivity index (χ3n) is 13.5. The maximum atomic E-state index is 5.64. The van der Waals surface area contributed by atoms with Gasteiger partial charge in [0, 0.05) is 11.1 Å². The summed E-state index contributed by atoms with van der Waals surface area (Å²) in [5.74, 6) is 0.993. The van der Waals surface area contributed by atoms with Crippen LogP contribution in [-0.2, 0) is 21.7 Å². The van der Waals surface area contributed by atoms with Crippen LogP contribution >= 0.6 is 0 Å². The normalized spacial score (nSPS) is 19.6. The average molecular weight is 638 g/mol. The standard InChI is InChI=1S/C45H44BN3/c1-26-39(27-16-12-10-13-17-27)49-40-33(46(26)28-18-14-11-15-19-28)22-32-37-29(44(6,7)45(32,8)9)20-21-35(38(37)40)48-36-24-31-30(23-34(36)47-41(48)49)42(2,3)25-43(31,4)5/h10-24H,25H2,1-9H3. The lowest BCUT2D eigenvalue weighted by atomic mass is 9.35. The summed E-state index contributed by atoms with van der Waals surface area (Å²) in [6.45, 7) is 21.9. The third kappa shape index (κ3) is 3.43. The van der Waals surface area contributed by atoms with E-state index in [4.69, 9.17) is 4.98 Å². The number of benzene rings is 5. The van der Waals surface area contributed by atoms with Crippen LogP contribution in [0, 0.1) is 0 Å². The predicted molar refractivity (Wildman–Crippen MR) is 208 cm³/mol. The van der Waals surface area contributed by atoms with E-state index < -0.39 is 0 Å². The molecule has 7 aromatic rings. The molecule has 0 atom stereocenters. The molecule has 10 rings (SSSR count). The lowest BCUT2D eigenvalue weighted by Crippen LogP contribution is -2.48. The number of nitrogens with zero attached hydrogens (tertiary/aromatic N) is 3. The summed E-state index contributed by atoms with van der Waals surface area (Å²) < 4.78 is 5.06. The third-order valence-corrected chi connectivity index (χ3v) is 13.5. The Kier molecular flexibility index (Phi) is 5.37. The van der Waals surface area contributed by atoms with Gasteiger partial charge in [0.15, 0.2) is 0 Å². The van der Waals surface area contributed by atoms with Gasteiger partial charge in [-0.15, -0.1) is 0 Å². The number of rotatable bonds is 2. The summed E-state index contributed by atoms with van der Waals surface area (Å²) >= 11 is 0. The number of hydrogen-bond donors (Lipinski definition) is 0. The lowest BCUT2D eigenvalue weighted by molar-refractivity contribution is 0.322. The molecule has 0 radical (unpaired) electrons. The van der Waals surface area contributed by atoms with Crippen molar-refractivity contribution >= 4 is 62.0 Å². The van der Waals surface area contributed by atoms with Gasteiger partial charge in [0.05, 0.1) is 22.1 Å². The molecule has 0 bridgehead atoms. The first kappa shape index (κ1) is 29.4. The summed E-state index contributed by atoms with van der Waals surface area (Å²) in [6, 6.07) is 34.6. The van der Waals surface area contributed by atoms with E-state index in [9.17, 15) is 0 Å². The average Bonchev–Trinajstić information content (AvgIpc) is 3.58. The molecule has 49 heavy (non-hydrogen) atoms. The van der Waals surface area contributed by atoms with Gasteiger partial charge in [0.1, 0.15) is 0 Å². The van der Waals surface area contributed by atoms with E-state index in [0.29, 0.717) is 0 Å². The highest BCUT2D eigenvalue weighted by Gasteiger charge is 2.49. The Labute approximate surface area is 289 Å². The molecule has 3 heterocycles. The fraction of sp³-hybridized carbons (Fsp3) is 0.311. The smallest absolute Gasteiger partial charge is 0.241 e. The number of allylic oxidation sites excluding steroid dienone is 1. The van der Waals surface area contributed by atoms with Gasteiger partial charge in [-0.25, -0.2) is 4.98 Å². The van der Waals surface area contributed by atoms with Crippen LogP contribution in [-0.4, -0.2) is 20.7 Å². The van der Waals surface area contributed by atoms with Crippen molar-refractivity contribution in [1.82, 2.24) is 14.0 Å². The molecule has 5 aromatic carbocycles. The summed E-state index contributed by atoms with van der Waals surface area (Å²) in [4.78, 5) is 5.64. The summed E-state index contributed by atoms with van der Waals surface area (Å²) in [5, 5.41) is 2.81. The molecule has 0 saturated heterocycles. The Bertz CT molecular complexity index is 2630. The van der Waals surface area contributed by atoms with E-state index in [0.717, 1.165) is 17.7 Å². The predicted octanol–water partition coefficient (Wildman–Crippen LogP) is 9.56. The van der Waals surface area contributed by atoms with Gasteiger partial charge in [-0.3, -0.25) is 8.97 Å². The number of aromatic nitrogens is 3. The molecule has 2 aromatic heterocycles. The molecule has 3 aliphatic rings. The molecule has 2 aliphatic carbocycles. The van der Waals surface area contributed by atoms with Crippen LogP contribution in [0.25, 0.3) is 44.3 Å². The van der Waals surface area contributed by atoms with Crippen molar-refractivity contribution in [3.05, 3.63) is 124 Å². The van der Waals surface area contributed by atoms with Gasteiger partial charge in [-0.2, -0.15) is 0 Å². The second-order valence-corrected chi connectivity index (χ2v) is 17.6. The van der Waals surface area contributed by atoms with E-state index in [-0.39, 0.29) is 28.4 Å². The fourth-order valence-electron chi connectivity index (χ4n) is 10.7. The first-order chi connectivity index (χ1) is 23.2. The summed E-state index contributed by atoms with van der Waals surface area (Å²) in [6.07, 6.45) is 1.14. The van der Waals surface area contributed by atoms with Crippen molar-refractivity contribution in [2.75, 3.05) is 0 Å². The van der Waals surface area contributed by atoms with E-state index in [1.807, 2.05) is 0 Å². The molecular formula is C45H44BN3. The van der Waals surface area contributed by atoms with Crippen LogP contribution in [0.3, 0.4) is 0 Å². The summed E-state index contributed by atoms with van der Waals surface area (Å²) in [5.41, 5.74) is 17.4. The molecule has 3 nitrogen and oxygen atoms in total. The lowest BCUT2D eigenvalue weighted by Gasteiger charge is -2.37. The Morgan fingerprint density at radius 3 is 1.96 bits per heavy atom. The van der Waals surface area contributed by atoms with Gasteiger partial charge >= 0.3 is 0 Å². The van der Waals surface area contributed by atoms with Gasteiger partial charge in [-0.05, 0) is 91.9 Å². The van der Waals surface area contributed by atoms with Crippen LogP contribution in [0.4, 0.5) is 0 Å². The van der Waals surface area contributed by atoms with Gasteiger partial charge in [0.25, 0.3) is 0 Å². The van der Waals surface area contributed by atoms with Crippen molar-refractivity contribution in [2.24, 2.45) is 0 Å².